The lowest BCUT2D eigenvalue weighted by atomic mass is 9.83. The van der Waals surface area contributed by atoms with Crippen molar-refractivity contribution in [1.29, 1.82) is 0 Å². The molecule has 3 aliphatic rings. The van der Waals surface area contributed by atoms with Gasteiger partial charge in [-0.1, -0.05) is 12.1 Å². The predicted octanol–water partition coefficient (Wildman–Crippen LogP) is -0.760. The topological polar surface area (TPSA) is 161 Å². The highest BCUT2D eigenvalue weighted by atomic mass is 32.2. The highest BCUT2D eigenvalue weighted by Crippen LogP contribution is 2.35. The Balaban J connectivity index is 1.47. The first-order chi connectivity index (χ1) is 15.6. The molecule has 0 aliphatic carbocycles. The predicted molar refractivity (Wildman–Crippen MR) is 120 cm³/mol. The van der Waals surface area contributed by atoms with Crippen LogP contribution >= 0.6 is 11.8 Å². The van der Waals surface area contributed by atoms with E-state index in [1.165, 1.54) is 11.8 Å². The molecule has 0 saturated carbocycles. The molecule has 1 aromatic heterocycles. The first kappa shape index (κ1) is 23.9. The van der Waals surface area contributed by atoms with Crippen LogP contribution in [0.5, 0.6) is 0 Å². The third-order valence-corrected chi connectivity index (χ3v) is 7.40. The number of benzene rings is 1. The van der Waals surface area contributed by atoms with Crippen LogP contribution in [0.2, 0.25) is 0 Å². The fourth-order valence-corrected chi connectivity index (χ4v) is 5.36. The zero-order valence-electron chi connectivity index (χ0n) is 18.0. The lowest BCUT2D eigenvalue weighted by molar-refractivity contribution is -0.240. The molecule has 1 aromatic carbocycles. The van der Waals surface area contributed by atoms with Gasteiger partial charge in [-0.3, -0.25) is 14.6 Å². The van der Waals surface area contributed by atoms with Gasteiger partial charge >= 0.3 is 0 Å². The van der Waals surface area contributed by atoms with Gasteiger partial charge in [0.25, 0.3) is 17.5 Å². The van der Waals surface area contributed by atoms with E-state index in [0.29, 0.717) is 11.5 Å². The summed E-state index contributed by atoms with van der Waals surface area (Å²) in [5, 5.41) is 46.9. The van der Waals surface area contributed by atoms with Gasteiger partial charge in [0.2, 0.25) is 5.72 Å². The summed E-state index contributed by atoms with van der Waals surface area (Å²) in [7, 11) is 0. The van der Waals surface area contributed by atoms with E-state index in [2.05, 4.69) is 15.6 Å². The summed E-state index contributed by atoms with van der Waals surface area (Å²) in [5.74, 6) is -1.64. The van der Waals surface area contributed by atoms with Crippen LogP contribution < -0.4 is 10.6 Å². The third-order valence-electron chi connectivity index (χ3n) is 6.22. The zero-order chi connectivity index (χ0) is 23.9. The number of pyridine rings is 1. The number of aromatic nitrogens is 1. The van der Waals surface area contributed by atoms with E-state index in [4.69, 9.17) is 4.74 Å². The maximum atomic E-state index is 12.9. The molecule has 2 amide bonds. The van der Waals surface area contributed by atoms with Gasteiger partial charge in [0.1, 0.15) is 11.7 Å². The Kier molecular flexibility index (Phi) is 6.38. The molecule has 3 fully saturated rings. The van der Waals surface area contributed by atoms with E-state index in [1.807, 2.05) is 30.3 Å². The van der Waals surface area contributed by atoms with Gasteiger partial charge in [-0.25, -0.2) is 0 Å². The number of fused-ring (bicyclic) bond motifs is 6. The van der Waals surface area contributed by atoms with Gasteiger partial charge in [0, 0.05) is 29.0 Å². The van der Waals surface area contributed by atoms with Crippen molar-refractivity contribution in [2.45, 2.75) is 42.3 Å². The Morgan fingerprint density at radius 2 is 2.09 bits per heavy atom. The second kappa shape index (κ2) is 8.82. The molecule has 10 nitrogen and oxygen atoms in total. The normalized spacial score (nSPS) is 30.2. The lowest BCUT2D eigenvalue weighted by Crippen LogP contribution is -2.83. The van der Waals surface area contributed by atoms with Crippen molar-refractivity contribution in [2.75, 3.05) is 19.0 Å². The second-order valence-electron chi connectivity index (χ2n) is 8.71. The van der Waals surface area contributed by atoms with Crippen molar-refractivity contribution in [3.8, 4) is 0 Å². The van der Waals surface area contributed by atoms with Gasteiger partial charge in [-0.15, -0.1) is 0 Å². The zero-order valence-corrected chi connectivity index (χ0v) is 18.8. The van der Waals surface area contributed by atoms with Crippen molar-refractivity contribution in [3.63, 3.8) is 0 Å². The van der Waals surface area contributed by atoms with Crippen LogP contribution in [0.3, 0.4) is 0 Å². The monoisotopic (exact) mass is 477 g/mol. The van der Waals surface area contributed by atoms with Gasteiger partial charge < -0.3 is 35.8 Å². The van der Waals surface area contributed by atoms with Crippen molar-refractivity contribution in [3.05, 3.63) is 42.1 Å². The van der Waals surface area contributed by atoms with E-state index in [9.17, 15) is 30.0 Å². The number of hydrogen-bond donors (Lipinski definition) is 6. The molecule has 1 unspecified atom stereocenters. The molecule has 11 heteroatoms. The van der Waals surface area contributed by atoms with Crippen LogP contribution in [0.4, 0.5) is 0 Å². The van der Waals surface area contributed by atoms with Crippen LogP contribution in [0, 0.1) is 5.92 Å². The summed E-state index contributed by atoms with van der Waals surface area (Å²) < 4.78 is 5.59. The van der Waals surface area contributed by atoms with Crippen LogP contribution in [0.25, 0.3) is 10.9 Å². The standard InChI is InChI=1S/C22H27N3O7S/c1-20(30,12-26)17(27)22-19(29)24-21(31,18(28)25-22)15(6-8-32-22)11-33-10-13-4-5-16-14(9-13)3-2-7-23-16/h2-5,7,9,15,17,26-27,30-31H,6,8,10-12H2,1H3,(H,24,29)(H,25,28)/t15?,17-,20-,21+,22-/m0/s1. The molecular formula is C22H27N3O7S. The quantitative estimate of drug-likeness (QED) is 0.301. The minimum Gasteiger partial charge on any atom is -0.393 e. The number of carbonyl (C=O) groups excluding carboxylic acids is 2. The Morgan fingerprint density at radius 1 is 1.30 bits per heavy atom. The Morgan fingerprint density at radius 3 is 2.85 bits per heavy atom. The van der Waals surface area contributed by atoms with Gasteiger partial charge in [0.05, 0.1) is 18.7 Å². The average molecular weight is 478 g/mol. The molecule has 178 valence electrons. The Labute approximate surface area is 194 Å². The van der Waals surface area contributed by atoms with Crippen LogP contribution in [0.1, 0.15) is 18.9 Å². The molecule has 6 N–H and O–H groups in total. The number of aliphatic hydroxyl groups excluding tert-OH is 2. The van der Waals surface area contributed by atoms with Gasteiger partial charge in [-0.05, 0) is 37.1 Å². The fraction of sp³-hybridized carbons (Fsp3) is 0.500. The van der Waals surface area contributed by atoms with E-state index >= 15 is 0 Å². The molecule has 2 aromatic rings. The maximum Gasteiger partial charge on any atom is 0.278 e. The summed E-state index contributed by atoms with van der Waals surface area (Å²) in [4.78, 5) is 30.1. The highest BCUT2D eigenvalue weighted by Gasteiger charge is 2.64. The second-order valence-corrected chi connectivity index (χ2v) is 9.74. The number of nitrogens with zero attached hydrogens (tertiary/aromatic N) is 1. The van der Waals surface area contributed by atoms with E-state index in [1.54, 1.807) is 6.20 Å². The number of hydrogen-bond acceptors (Lipinski definition) is 9. The van der Waals surface area contributed by atoms with Crippen LogP contribution in [0.15, 0.2) is 36.5 Å². The highest BCUT2D eigenvalue weighted by molar-refractivity contribution is 7.98. The number of amides is 2. The SMILES string of the molecule is C[C@](O)(CO)[C@H](O)[C@@]12NC(=O)[C@@](O)(NC1=O)C(CSCc1ccc3ncccc3c1)CCO2. The number of rotatable bonds is 7. The molecule has 5 rings (SSSR count). The molecule has 2 bridgehead atoms. The molecule has 3 saturated heterocycles. The van der Waals surface area contributed by atoms with Crippen molar-refractivity contribution in [1.82, 2.24) is 15.6 Å². The number of nitrogens with one attached hydrogen (secondary N) is 2. The molecule has 4 heterocycles. The first-order valence-corrected chi connectivity index (χ1v) is 11.7. The van der Waals surface area contributed by atoms with Crippen LogP contribution in [-0.2, 0) is 20.1 Å². The summed E-state index contributed by atoms with van der Waals surface area (Å²) in [6.45, 7) is 0.162. The molecule has 33 heavy (non-hydrogen) atoms. The minimum atomic E-state index is -2.33. The van der Waals surface area contributed by atoms with Crippen LogP contribution in [-0.4, -0.2) is 79.3 Å². The largest absolute Gasteiger partial charge is 0.393 e. The molecule has 0 spiro atoms. The van der Waals surface area contributed by atoms with E-state index < -0.39 is 47.5 Å². The molecule has 5 atom stereocenters. The smallest absolute Gasteiger partial charge is 0.278 e. The van der Waals surface area contributed by atoms with Gasteiger partial charge in [-0.2, -0.15) is 11.8 Å². The summed E-state index contributed by atoms with van der Waals surface area (Å²) >= 11 is 1.50. The molecular weight excluding hydrogens is 450 g/mol. The van der Waals surface area contributed by atoms with Crippen molar-refractivity contribution in [2.24, 2.45) is 5.92 Å². The minimum absolute atomic E-state index is 0.0680. The number of carbonyl (C=O) groups is 2. The summed E-state index contributed by atoms with van der Waals surface area (Å²) in [6.07, 6.45) is -0.0260. The number of aliphatic hydroxyl groups is 4. The first-order valence-electron chi connectivity index (χ1n) is 10.6. The number of thioether (sulfide) groups is 1. The number of piperazine rings is 1. The fourth-order valence-electron chi connectivity index (χ4n) is 4.14. The lowest BCUT2D eigenvalue weighted by Gasteiger charge is -2.51. The van der Waals surface area contributed by atoms with Gasteiger partial charge in [0.15, 0.2) is 0 Å². The summed E-state index contributed by atoms with van der Waals surface area (Å²) in [6, 6.07) is 9.77. The van der Waals surface area contributed by atoms with Crippen molar-refractivity contribution >= 4 is 34.5 Å². The molecule has 0 radical (unpaired) electrons. The average Bonchev–Trinajstić information content (AvgIpc) is 2.79. The maximum absolute atomic E-state index is 12.9. The Hall–Kier alpha value is -2.28. The third kappa shape index (κ3) is 4.20. The molecule has 3 aliphatic heterocycles. The van der Waals surface area contributed by atoms with E-state index in [-0.39, 0.29) is 13.0 Å². The van der Waals surface area contributed by atoms with Crippen molar-refractivity contribution < 1.29 is 34.8 Å². The number of ether oxygens (including phenoxy) is 1. The Bertz CT molecular complexity index is 1070. The van der Waals surface area contributed by atoms with E-state index in [0.717, 1.165) is 23.4 Å². The summed E-state index contributed by atoms with van der Waals surface area (Å²) in [5.41, 5.74) is -4.71.